The third-order valence-corrected chi connectivity index (χ3v) is 3.03. The second kappa shape index (κ2) is 10.2. The fourth-order valence-electron chi connectivity index (χ4n) is 1.53. The molecule has 0 atom stereocenters. The first-order chi connectivity index (χ1) is 11.5. The molecule has 128 valence electrons. The van der Waals surface area contributed by atoms with Crippen LogP contribution in [0.2, 0.25) is 5.15 Å². The van der Waals surface area contributed by atoms with E-state index >= 15 is 0 Å². The van der Waals surface area contributed by atoms with Crippen LogP contribution < -0.4 is 4.74 Å². The van der Waals surface area contributed by atoms with Crippen molar-refractivity contribution in [2.75, 3.05) is 6.61 Å². The number of hydrogen-bond donors (Lipinski definition) is 2. The monoisotopic (exact) mass is 352 g/mol. The number of aromatic carboxylic acids is 2. The molecule has 2 N–H and O–H groups in total. The van der Waals surface area contributed by atoms with Crippen molar-refractivity contribution < 1.29 is 24.5 Å². The Morgan fingerprint density at radius 2 is 1.67 bits per heavy atom. The van der Waals surface area contributed by atoms with E-state index in [1.165, 1.54) is 30.6 Å². The zero-order chi connectivity index (χ0) is 17.9. The van der Waals surface area contributed by atoms with Gasteiger partial charge in [-0.15, -0.1) is 0 Å². The molecule has 0 aliphatic rings. The maximum atomic E-state index is 10.7. The molecule has 2 rings (SSSR count). The molecule has 7 nitrogen and oxygen atoms in total. The van der Waals surface area contributed by atoms with Crippen molar-refractivity contribution in [2.24, 2.45) is 0 Å². The second-order valence-electron chi connectivity index (χ2n) is 4.51. The summed E-state index contributed by atoms with van der Waals surface area (Å²) in [5, 5.41) is 17.3. The Morgan fingerprint density at radius 1 is 1.08 bits per heavy atom. The van der Waals surface area contributed by atoms with Gasteiger partial charge in [-0.25, -0.2) is 19.6 Å². The van der Waals surface area contributed by atoms with E-state index in [1.807, 2.05) is 6.92 Å². The van der Waals surface area contributed by atoms with Crippen LogP contribution in [0.15, 0.2) is 36.7 Å². The zero-order valence-electron chi connectivity index (χ0n) is 13.0. The van der Waals surface area contributed by atoms with Crippen LogP contribution in [0, 0.1) is 0 Å². The van der Waals surface area contributed by atoms with Crippen molar-refractivity contribution >= 4 is 23.5 Å². The Kier molecular flexibility index (Phi) is 8.21. The lowest BCUT2D eigenvalue weighted by atomic mass is 10.3. The van der Waals surface area contributed by atoms with Gasteiger partial charge in [0.1, 0.15) is 10.7 Å². The third kappa shape index (κ3) is 6.21. The molecule has 2 heterocycles. The number of hydrogen-bond acceptors (Lipinski definition) is 5. The third-order valence-electron chi connectivity index (χ3n) is 2.73. The topological polar surface area (TPSA) is 110 Å². The molecule has 0 amide bonds. The Morgan fingerprint density at radius 3 is 2.17 bits per heavy atom. The van der Waals surface area contributed by atoms with Gasteiger partial charge in [0.05, 0.1) is 12.2 Å². The number of halogens is 1. The quantitative estimate of drug-likeness (QED) is 0.605. The van der Waals surface area contributed by atoms with Gasteiger partial charge in [0.25, 0.3) is 0 Å². The number of pyridine rings is 2. The average Bonchev–Trinajstić information content (AvgIpc) is 2.56. The molecule has 0 spiro atoms. The number of rotatable bonds is 6. The molecule has 0 bridgehead atoms. The largest absolute Gasteiger partial charge is 0.478 e. The van der Waals surface area contributed by atoms with E-state index in [0.29, 0.717) is 6.61 Å². The highest BCUT2D eigenvalue weighted by molar-refractivity contribution is 6.32. The number of ether oxygens (including phenoxy) is 1. The summed E-state index contributed by atoms with van der Waals surface area (Å²) in [5.74, 6) is -1.86. The van der Waals surface area contributed by atoms with E-state index in [-0.39, 0.29) is 22.2 Å². The molecule has 0 aliphatic carbocycles. The lowest BCUT2D eigenvalue weighted by Gasteiger charge is -2.06. The van der Waals surface area contributed by atoms with Crippen molar-refractivity contribution in [3.8, 4) is 5.88 Å². The molecule has 0 saturated heterocycles. The minimum Gasteiger partial charge on any atom is -0.478 e. The first kappa shape index (κ1) is 19.4. The summed E-state index contributed by atoms with van der Waals surface area (Å²) in [6, 6.07) is 5.99. The molecule has 0 saturated carbocycles. The molecule has 0 unspecified atom stereocenters. The van der Waals surface area contributed by atoms with Gasteiger partial charge in [-0.05, 0) is 30.7 Å². The minimum absolute atomic E-state index is 0.0231. The number of nitrogens with zero attached hydrogens (tertiary/aromatic N) is 2. The highest BCUT2D eigenvalue weighted by Gasteiger charge is 2.11. The van der Waals surface area contributed by atoms with Gasteiger partial charge in [-0.1, -0.05) is 24.9 Å². The molecule has 2 aromatic rings. The first-order valence-corrected chi connectivity index (χ1v) is 7.50. The Hall–Kier alpha value is -2.67. The second-order valence-corrected chi connectivity index (χ2v) is 4.87. The molecule has 24 heavy (non-hydrogen) atoms. The summed E-state index contributed by atoms with van der Waals surface area (Å²) >= 11 is 5.43. The van der Waals surface area contributed by atoms with Crippen molar-refractivity contribution in [3.05, 3.63) is 52.9 Å². The van der Waals surface area contributed by atoms with E-state index < -0.39 is 11.9 Å². The van der Waals surface area contributed by atoms with Crippen LogP contribution in [0.4, 0.5) is 0 Å². The number of aromatic nitrogens is 2. The van der Waals surface area contributed by atoms with Crippen molar-refractivity contribution in [1.29, 1.82) is 0 Å². The van der Waals surface area contributed by atoms with Crippen molar-refractivity contribution in [2.45, 2.75) is 19.8 Å². The Balaban J connectivity index is 0.000000254. The van der Waals surface area contributed by atoms with Crippen LogP contribution in [0.25, 0.3) is 0 Å². The predicted molar refractivity (Wildman–Crippen MR) is 87.8 cm³/mol. The number of unbranched alkanes of at least 4 members (excludes halogenated alkanes) is 1. The summed E-state index contributed by atoms with van der Waals surface area (Å²) in [5.41, 5.74) is 0.146. The van der Waals surface area contributed by atoms with E-state index in [2.05, 4.69) is 9.97 Å². The molecule has 0 radical (unpaired) electrons. The summed E-state index contributed by atoms with van der Waals surface area (Å²) in [4.78, 5) is 28.5. The minimum atomic E-state index is -1.06. The van der Waals surface area contributed by atoms with Gasteiger partial charge in [-0.3, -0.25) is 0 Å². The van der Waals surface area contributed by atoms with Crippen LogP contribution in [-0.4, -0.2) is 38.7 Å². The van der Waals surface area contributed by atoms with Crippen LogP contribution in [0.5, 0.6) is 5.88 Å². The van der Waals surface area contributed by atoms with Crippen LogP contribution >= 0.6 is 11.6 Å². The molecule has 0 aliphatic heterocycles. The van der Waals surface area contributed by atoms with Gasteiger partial charge < -0.3 is 14.9 Å². The molecule has 2 aromatic heterocycles. The fraction of sp³-hybridized carbons (Fsp3) is 0.250. The Bertz CT molecular complexity index is 694. The summed E-state index contributed by atoms with van der Waals surface area (Å²) < 4.78 is 5.25. The van der Waals surface area contributed by atoms with E-state index in [4.69, 9.17) is 26.6 Å². The fourth-order valence-corrected chi connectivity index (χ4v) is 1.73. The molecule has 8 heteroatoms. The molecular weight excluding hydrogens is 336 g/mol. The normalized spacial score (nSPS) is 9.58. The highest BCUT2D eigenvalue weighted by Crippen LogP contribution is 2.14. The van der Waals surface area contributed by atoms with Gasteiger partial charge in [0.15, 0.2) is 0 Å². The van der Waals surface area contributed by atoms with Gasteiger partial charge in [-0.2, -0.15) is 0 Å². The predicted octanol–water partition coefficient (Wildman–Crippen LogP) is 3.39. The summed E-state index contributed by atoms with van der Waals surface area (Å²) in [7, 11) is 0. The van der Waals surface area contributed by atoms with Crippen LogP contribution in [-0.2, 0) is 0 Å². The standard InChI is InChI=1S/C10H13NO3.C6H4ClNO2/c1-2-3-7-14-9-8(10(12)13)5-4-6-11-9;7-5-4(6(9)10)2-1-3-8-5/h4-6H,2-3,7H2,1H3,(H,12,13);1-3H,(H,9,10). The van der Waals surface area contributed by atoms with Crippen molar-refractivity contribution in [1.82, 2.24) is 9.97 Å². The zero-order valence-corrected chi connectivity index (χ0v) is 13.7. The van der Waals surface area contributed by atoms with E-state index in [1.54, 1.807) is 6.07 Å². The maximum Gasteiger partial charge on any atom is 0.341 e. The first-order valence-electron chi connectivity index (χ1n) is 7.12. The number of carbonyl (C=O) groups is 2. The van der Waals surface area contributed by atoms with E-state index in [0.717, 1.165) is 12.8 Å². The number of carboxylic acids is 2. The summed E-state index contributed by atoms with van der Waals surface area (Å²) in [6.45, 7) is 2.55. The molecule has 0 aromatic carbocycles. The van der Waals surface area contributed by atoms with E-state index in [9.17, 15) is 9.59 Å². The molecular formula is C16H17ClN2O5. The van der Waals surface area contributed by atoms with Gasteiger partial charge in [0.2, 0.25) is 5.88 Å². The van der Waals surface area contributed by atoms with Gasteiger partial charge in [0, 0.05) is 12.4 Å². The maximum absolute atomic E-state index is 10.7. The van der Waals surface area contributed by atoms with Gasteiger partial charge >= 0.3 is 11.9 Å². The lowest BCUT2D eigenvalue weighted by Crippen LogP contribution is -2.05. The average molecular weight is 353 g/mol. The van der Waals surface area contributed by atoms with Crippen LogP contribution in [0.1, 0.15) is 40.5 Å². The summed E-state index contributed by atoms with van der Waals surface area (Å²) in [6.07, 6.45) is 4.87. The SMILES string of the molecule is CCCCOc1ncccc1C(=O)O.O=C(O)c1cccnc1Cl. The lowest BCUT2D eigenvalue weighted by molar-refractivity contribution is 0.0682. The van der Waals surface area contributed by atoms with Crippen LogP contribution in [0.3, 0.4) is 0 Å². The number of carboxylic acid groups (broad SMARTS) is 2. The Labute approximate surface area is 143 Å². The molecule has 0 fully saturated rings. The smallest absolute Gasteiger partial charge is 0.341 e. The highest BCUT2D eigenvalue weighted by atomic mass is 35.5. The van der Waals surface area contributed by atoms with Crippen molar-refractivity contribution in [3.63, 3.8) is 0 Å².